The molecule has 0 aromatic carbocycles. The van der Waals surface area contributed by atoms with Gasteiger partial charge in [-0.15, -0.1) is 0 Å². The van der Waals surface area contributed by atoms with Crippen molar-refractivity contribution in [1.82, 2.24) is 0 Å². The maximum Gasteiger partial charge on any atom is 0.306 e. The molecule has 0 saturated carbocycles. The van der Waals surface area contributed by atoms with Crippen LogP contribution in [0.3, 0.4) is 0 Å². The van der Waals surface area contributed by atoms with E-state index in [9.17, 15) is 14.4 Å². The van der Waals surface area contributed by atoms with Crippen LogP contribution in [0.2, 0.25) is 0 Å². The Kier molecular flexibility index (Phi) is 49.3. The Hall–Kier alpha value is -2.37. The topological polar surface area (TPSA) is 78.9 Å². The highest BCUT2D eigenvalue weighted by molar-refractivity contribution is 5.71. The van der Waals surface area contributed by atoms with Crippen LogP contribution >= 0.6 is 0 Å². The second-order valence-corrected chi connectivity index (χ2v) is 18.1. The second kappa shape index (κ2) is 51.3. The zero-order valence-corrected chi connectivity index (χ0v) is 41.4. The van der Waals surface area contributed by atoms with Crippen molar-refractivity contribution in [2.75, 3.05) is 13.2 Å². The number of allylic oxidation sites excluding steroid dienone is 6. The van der Waals surface area contributed by atoms with Gasteiger partial charge in [0, 0.05) is 19.3 Å². The van der Waals surface area contributed by atoms with Crippen LogP contribution in [0.5, 0.6) is 0 Å². The van der Waals surface area contributed by atoms with Crippen molar-refractivity contribution in [2.45, 2.75) is 290 Å². The first kappa shape index (κ1) is 59.6. The summed E-state index contributed by atoms with van der Waals surface area (Å²) >= 11 is 0. The van der Waals surface area contributed by atoms with E-state index in [0.717, 1.165) is 103 Å². The Morgan fingerprint density at radius 1 is 0.323 bits per heavy atom. The lowest BCUT2D eigenvalue weighted by Gasteiger charge is -2.18. The first-order valence-corrected chi connectivity index (χ1v) is 27.0. The molecule has 0 bridgehead atoms. The number of rotatable bonds is 49. The minimum atomic E-state index is -0.778. The summed E-state index contributed by atoms with van der Waals surface area (Å²) in [7, 11) is 0. The van der Waals surface area contributed by atoms with Crippen molar-refractivity contribution >= 4 is 17.9 Å². The Balaban J connectivity index is 4.23. The summed E-state index contributed by atoms with van der Waals surface area (Å²) in [5.74, 6) is -0.892. The van der Waals surface area contributed by atoms with Gasteiger partial charge in [-0.05, 0) is 64.2 Å². The van der Waals surface area contributed by atoms with Gasteiger partial charge in [-0.25, -0.2) is 0 Å². The number of ether oxygens (including phenoxy) is 3. The summed E-state index contributed by atoms with van der Waals surface area (Å²) in [4.78, 5) is 37.9. The largest absolute Gasteiger partial charge is 0.462 e. The van der Waals surface area contributed by atoms with Gasteiger partial charge >= 0.3 is 17.9 Å². The van der Waals surface area contributed by atoms with Gasteiger partial charge < -0.3 is 14.2 Å². The van der Waals surface area contributed by atoms with E-state index in [2.05, 4.69) is 57.2 Å². The molecule has 0 heterocycles. The summed E-state index contributed by atoms with van der Waals surface area (Å²) in [6.45, 7) is 6.52. The zero-order chi connectivity index (χ0) is 45.1. The standard InChI is InChI=1S/C56H102O6/c1-4-7-10-13-16-19-22-24-25-26-27-28-29-30-31-33-34-37-40-43-46-49-55(58)61-52-53(51-60-54(57)48-45-42-39-36-21-18-15-12-9-6-3)62-56(59)50-47-44-41-38-35-32-23-20-17-14-11-8-5-2/h11-12,14-15,20,23,53H,4-10,13,16-19,21-22,24-52H2,1-3H3/b14-11-,15-12-,23-20-. The third-order valence-corrected chi connectivity index (χ3v) is 11.8. The molecule has 1 atom stereocenters. The number of hydrogen-bond acceptors (Lipinski definition) is 6. The van der Waals surface area contributed by atoms with Crippen LogP contribution in [-0.4, -0.2) is 37.2 Å². The molecule has 0 radical (unpaired) electrons. The van der Waals surface area contributed by atoms with Gasteiger partial charge in [-0.3, -0.25) is 14.4 Å². The Bertz CT molecular complexity index is 1050. The highest BCUT2D eigenvalue weighted by Gasteiger charge is 2.19. The smallest absolute Gasteiger partial charge is 0.306 e. The molecule has 0 aromatic heterocycles. The van der Waals surface area contributed by atoms with Gasteiger partial charge in [0.2, 0.25) is 0 Å². The molecule has 0 aliphatic rings. The summed E-state index contributed by atoms with van der Waals surface area (Å²) in [5.41, 5.74) is 0. The molecule has 0 spiro atoms. The predicted octanol–water partition coefficient (Wildman–Crippen LogP) is 17.7. The van der Waals surface area contributed by atoms with Gasteiger partial charge in [0.25, 0.3) is 0 Å². The van der Waals surface area contributed by atoms with E-state index < -0.39 is 6.10 Å². The monoisotopic (exact) mass is 871 g/mol. The molecule has 6 heteroatoms. The van der Waals surface area contributed by atoms with Crippen molar-refractivity contribution < 1.29 is 28.6 Å². The quantitative estimate of drug-likeness (QED) is 0.0262. The molecule has 0 aromatic rings. The third kappa shape index (κ3) is 48.7. The molecule has 0 rings (SSSR count). The zero-order valence-electron chi connectivity index (χ0n) is 41.4. The number of unbranched alkanes of at least 4 members (excludes halogenated alkanes) is 32. The second-order valence-electron chi connectivity index (χ2n) is 18.1. The Labute approximate surface area is 385 Å². The molecule has 1 unspecified atom stereocenters. The Morgan fingerprint density at radius 2 is 0.613 bits per heavy atom. The molecular weight excluding hydrogens is 769 g/mol. The third-order valence-electron chi connectivity index (χ3n) is 11.8. The molecule has 6 nitrogen and oxygen atoms in total. The molecule has 62 heavy (non-hydrogen) atoms. The van der Waals surface area contributed by atoms with Gasteiger partial charge in [0.1, 0.15) is 13.2 Å². The minimum Gasteiger partial charge on any atom is -0.462 e. The highest BCUT2D eigenvalue weighted by atomic mass is 16.6. The average molecular weight is 871 g/mol. The van der Waals surface area contributed by atoms with E-state index in [1.165, 1.54) is 141 Å². The first-order chi connectivity index (χ1) is 30.5. The van der Waals surface area contributed by atoms with Crippen LogP contribution in [0.1, 0.15) is 284 Å². The van der Waals surface area contributed by atoms with E-state index in [1.54, 1.807) is 0 Å². The van der Waals surface area contributed by atoms with E-state index in [1.807, 2.05) is 0 Å². The normalized spacial score (nSPS) is 12.2. The molecule has 0 saturated heterocycles. The van der Waals surface area contributed by atoms with Crippen LogP contribution in [-0.2, 0) is 28.6 Å². The van der Waals surface area contributed by atoms with E-state index in [4.69, 9.17) is 14.2 Å². The lowest BCUT2D eigenvalue weighted by molar-refractivity contribution is -0.167. The molecular formula is C56H102O6. The maximum atomic E-state index is 12.8. The van der Waals surface area contributed by atoms with Crippen LogP contribution in [0.4, 0.5) is 0 Å². The molecule has 0 amide bonds. The number of esters is 3. The molecule has 0 N–H and O–H groups in total. The van der Waals surface area contributed by atoms with Crippen LogP contribution in [0.15, 0.2) is 36.5 Å². The van der Waals surface area contributed by atoms with Crippen molar-refractivity contribution in [3.05, 3.63) is 36.5 Å². The SMILES string of the molecule is CCC/C=C\C/C=C\CCCCCCCC(=O)OC(COC(=O)CCCCCCC/C=C\CCC)COC(=O)CCCCCCCCCCCCCCCCCCCCCCC. The fourth-order valence-electron chi connectivity index (χ4n) is 7.78. The van der Waals surface area contributed by atoms with Crippen LogP contribution in [0, 0.1) is 0 Å². The molecule has 0 aliphatic carbocycles. The van der Waals surface area contributed by atoms with Crippen molar-refractivity contribution in [2.24, 2.45) is 0 Å². The maximum absolute atomic E-state index is 12.8. The van der Waals surface area contributed by atoms with E-state index in [-0.39, 0.29) is 31.1 Å². The lowest BCUT2D eigenvalue weighted by atomic mass is 10.0. The van der Waals surface area contributed by atoms with Crippen LogP contribution in [0.25, 0.3) is 0 Å². The van der Waals surface area contributed by atoms with Gasteiger partial charge in [-0.2, -0.15) is 0 Å². The lowest BCUT2D eigenvalue weighted by Crippen LogP contribution is -2.30. The molecule has 362 valence electrons. The highest BCUT2D eigenvalue weighted by Crippen LogP contribution is 2.16. The Morgan fingerprint density at radius 3 is 0.984 bits per heavy atom. The van der Waals surface area contributed by atoms with E-state index >= 15 is 0 Å². The number of hydrogen-bond donors (Lipinski definition) is 0. The van der Waals surface area contributed by atoms with Crippen molar-refractivity contribution in [3.8, 4) is 0 Å². The number of carbonyl (C=O) groups is 3. The summed E-state index contributed by atoms with van der Waals surface area (Å²) in [6.07, 6.45) is 60.0. The van der Waals surface area contributed by atoms with Crippen molar-refractivity contribution in [3.63, 3.8) is 0 Å². The first-order valence-electron chi connectivity index (χ1n) is 27.0. The molecule has 0 aliphatic heterocycles. The summed E-state index contributed by atoms with van der Waals surface area (Å²) in [5, 5.41) is 0. The van der Waals surface area contributed by atoms with Gasteiger partial charge in [0.05, 0.1) is 0 Å². The minimum absolute atomic E-state index is 0.0777. The molecule has 0 fully saturated rings. The van der Waals surface area contributed by atoms with Crippen LogP contribution < -0.4 is 0 Å². The summed E-state index contributed by atoms with van der Waals surface area (Å²) < 4.78 is 16.8. The number of carbonyl (C=O) groups excluding carboxylic acids is 3. The van der Waals surface area contributed by atoms with Gasteiger partial charge in [0.15, 0.2) is 6.10 Å². The van der Waals surface area contributed by atoms with E-state index in [0.29, 0.717) is 19.3 Å². The van der Waals surface area contributed by atoms with Crippen molar-refractivity contribution in [1.29, 1.82) is 0 Å². The average Bonchev–Trinajstić information content (AvgIpc) is 3.27. The fourth-order valence-corrected chi connectivity index (χ4v) is 7.78. The fraction of sp³-hybridized carbons (Fsp3) is 0.839. The predicted molar refractivity (Wildman–Crippen MR) is 266 cm³/mol. The summed E-state index contributed by atoms with van der Waals surface area (Å²) in [6, 6.07) is 0. The van der Waals surface area contributed by atoms with Gasteiger partial charge in [-0.1, -0.05) is 237 Å².